The lowest BCUT2D eigenvalue weighted by molar-refractivity contribution is -0.137. The Bertz CT molecular complexity index is 660. The number of nitrogens with zero attached hydrogens (tertiary/aromatic N) is 2. The fourth-order valence-electron chi connectivity index (χ4n) is 3.63. The zero-order valence-corrected chi connectivity index (χ0v) is 13.8. The summed E-state index contributed by atoms with van der Waals surface area (Å²) in [5.74, 6) is -0.348. The highest BCUT2D eigenvalue weighted by Gasteiger charge is 2.48. The largest absolute Gasteiger partial charge is 0.416 e. The van der Waals surface area contributed by atoms with Crippen molar-refractivity contribution in [2.24, 2.45) is 0 Å². The van der Waals surface area contributed by atoms with Gasteiger partial charge in [0.25, 0.3) is 5.91 Å². The number of carbonyl (C=O) groups excluding carboxylic acids is 2. The Morgan fingerprint density at radius 1 is 1.24 bits per heavy atom. The van der Waals surface area contributed by atoms with E-state index in [-0.39, 0.29) is 35.9 Å². The van der Waals surface area contributed by atoms with Crippen LogP contribution in [0, 0.1) is 0 Å². The van der Waals surface area contributed by atoms with E-state index in [1.807, 2.05) is 0 Å². The molecule has 0 radical (unpaired) electrons. The van der Waals surface area contributed by atoms with Crippen LogP contribution in [0.3, 0.4) is 0 Å². The van der Waals surface area contributed by atoms with E-state index in [0.717, 1.165) is 12.1 Å². The molecule has 2 heterocycles. The summed E-state index contributed by atoms with van der Waals surface area (Å²) in [7, 11) is 1.56. The van der Waals surface area contributed by atoms with Crippen LogP contribution in [0.5, 0.6) is 0 Å². The lowest BCUT2D eigenvalue weighted by Crippen LogP contribution is -2.40. The molecule has 0 aliphatic carbocycles. The van der Waals surface area contributed by atoms with Crippen LogP contribution in [0.4, 0.5) is 13.2 Å². The van der Waals surface area contributed by atoms with E-state index in [1.54, 1.807) is 16.9 Å². The third kappa shape index (κ3) is 3.35. The first-order valence-electron chi connectivity index (χ1n) is 8.09. The smallest absolute Gasteiger partial charge is 0.383 e. The minimum atomic E-state index is -4.43. The molecule has 0 spiro atoms. The van der Waals surface area contributed by atoms with Crippen molar-refractivity contribution >= 4 is 11.8 Å². The first kappa shape index (κ1) is 17.7. The summed E-state index contributed by atoms with van der Waals surface area (Å²) >= 11 is 0. The van der Waals surface area contributed by atoms with Gasteiger partial charge in [-0.25, -0.2) is 0 Å². The van der Waals surface area contributed by atoms with E-state index in [4.69, 9.17) is 4.74 Å². The zero-order chi connectivity index (χ0) is 18.2. The highest BCUT2D eigenvalue weighted by atomic mass is 19.4. The van der Waals surface area contributed by atoms with Crippen LogP contribution in [0.2, 0.25) is 0 Å². The fourth-order valence-corrected chi connectivity index (χ4v) is 3.63. The Balaban J connectivity index is 1.73. The maximum absolute atomic E-state index is 12.7. The van der Waals surface area contributed by atoms with Crippen molar-refractivity contribution in [2.75, 3.05) is 26.8 Å². The molecular formula is C17H19F3N2O3. The zero-order valence-electron chi connectivity index (χ0n) is 13.8. The Morgan fingerprint density at radius 2 is 1.92 bits per heavy atom. The van der Waals surface area contributed by atoms with E-state index < -0.39 is 11.7 Å². The SMILES string of the molecule is COCCN1C(=O)C[C@H]2[C@H]1CCN2C(=O)c1ccc(C(F)(F)F)cc1. The third-order valence-corrected chi connectivity index (χ3v) is 4.87. The molecule has 2 aliphatic rings. The normalized spacial score (nSPS) is 23.3. The number of hydrogen-bond donors (Lipinski definition) is 0. The first-order valence-corrected chi connectivity index (χ1v) is 8.09. The van der Waals surface area contributed by atoms with E-state index in [2.05, 4.69) is 0 Å². The van der Waals surface area contributed by atoms with Crippen molar-refractivity contribution in [3.05, 3.63) is 35.4 Å². The Kier molecular flexibility index (Phi) is 4.73. The minimum Gasteiger partial charge on any atom is -0.383 e. The summed E-state index contributed by atoms with van der Waals surface area (Å²) in [6, 6.07) is 3.94. The molecule has 25 heavy (non-hydrogen) atoms. The number of likely N-dealkylation sites (tertiary alicyclic amines) is 2. The number of carbonyl (C=O) groups is 2. The molecule has 5 nitrogen and oxygen atoms in total. The lowest BCUT2D eigenvalue weighted by atomic mass is 10.1. The number of benzene rings is 1. The van der Waals surface area contributed by atoms with Crippen molar-refractivity contribution in [2.45, 2.75) is 31.1 Å². The van der Waals surface area contributed by atoms with Gasteiger partial charge in [-0.2, -0.15) is 13.2 Å². The number of methoxy groups -OCH3 is 1. The van der Waals surface area contributed by atoms with Gasteiger partial charge in [0.05, 0.1) is 24.3 Å². The van der Waals surface area contributed by atoms with Gasteiger partial charge in [-0.15, -0.1) is 0 Å². The van der Waals surface area contributed by atoms with Gasteiger partial charge in [-0.05, 0) is 30.7 Å². The predicted molar refractivity (Wildman–Crippen MR) is 82.9 cm³/mol. The average Bonchev–Trinajstić information content (AvgIpc) is 3.10. The number of rotatable bonds is 4. The summed E-state index contributed by atoms with van der Waals surface area (Å²) in [5, 5.41) is 0. The molecule has 0 saturated carbocycles. The molecule has 2 aliphatic heterocycles. The number of halogens is 3. The molecule has 0 N–H and O–H groups in total. The predicted octanol–water partition coefficient (Wildman–Crippen LogP) is 2.17. The summed E-state index contributed by atoms with van der Waals surface area (Å²) < 4.78 is 42.9. The molecule has 0 bridgehead atoms. The molecular weight excluding hydrogens is 337 g/mol. The maximum Gasteiger partial charge on any atom is 0.416 e. The van der Waals surface area contributed by atoms with Crippen LogP contribution in [-0.2, 0) is 15.7 Å². The van der Waals surface area contributed by atoms with Crippen molar-refractivity contribution < 1.29 is 27.5 Å². The van der Waals surface area contributed by atoms with Crippen molar-refractivity contribution in [1.82, 2.24) is 9.80 Å². The highest BCUT2D eigenvalue weighted by Crippen LogP contribution is 2.34. The molecule has 136 valence electrons. The molecule has 8 heteroatoms. The third-order valence-electron chi connectivity index (χ3n) is 4.87. The molecule has 1 aromatic rings. The second-order valence-electron chi connectivity index (χ2n) is 6.28. The second kappa shape index (κ2) is 6.67. The molecule has 2 fully saturated rings. The van der Waals surface area contributed by atoms with Gasteiger partial charge >= 0.3 is 6.18 Å². The highest BCUT2D eigenvalue weighted by molar-refractivity contribution is 5.95. The first-order chi connectivity index (χ1) is 11.8. The van der Waals surface area contributed by atoms with Gasteiger partial charge in [0.15, 0.2) is 0 Å². The van der Waals surface area contributed by atoms with Crippen LogP contribution in [-0.4, -0.2) is 60.5 Å². The van der Waals surface area contributed by atoms with Gasteiger partial charge in [0.1, 0.15) is 0 Å². The number of fused-ring (bicyclic) bond motifs is 1. The van der Waals surface area contributed by atoms with Crippen molar-refractivity contribution in [1.29, 1.82) is 0 Å². The lowest BCUT2D eigenvalue weighted by Gasteiger charge is -2.25. The summed E-state index contributed by atoms with van der Waals surface area (Å²) in [5.41, 5.74) is -0.582. The number of ether oxygens (including phenoxy) is 1. The molecule has 1 aromatic carbocycles. The quantitative estimate of drug-likeness (QED) is 0.831. The summed E-state index contributed by atoms with van der Waals surface area (Å²) in [4.78, 5) is 28.2. The van der Waals surface area contributed by atoms with Crippen LogP contribution < -0.4 is 0 Å². The summed E-state index contributed by atoms with van der Waals surface area (Å²) in [6.45, 7) is 1.41. The van der Waals surface area contributed by atoms with Gasteiger partial charge in [0.2, 0.25) is 5.91 Å². The Labute approximate surface area is 143 Å². The minimum absolute atomic E-state index is 0.0167. The van der Waals surface area contributed by atoms with Gasteiger partial charge in [-0.1, -0.05) is 0 Å². The average molecular weight is 356 g/mol. The van der Waals surface area contributed by atoms with Crippen LogP contribution in [0.25, 0.3) is 0 Å². The Morgan fingerprint density at radius 3 is 2.52 bits per heavy atom. The van der Waals surface area contributed by atoms with Crippen LogP contribution in [0.15, 0.2) is 24.3 Å². The molecule has 2 atom stereocenters. The molecule has 3 rings (SSSR count). The standard InChI is InChI=1S/C17H19F3N2O3/c1-25-9-8-21-13-6-7-22(14(13)10-15(21)23)16(24)11-2-4-12(5-3-11)17(18,19)20/h2-5,13-14H,6-10H2,1H3/t13-,14+/m1/s1. The van der Waals surface area contributed by atoms with Gasteiger partial charge in [-0.3, -0.25) is 9.59 Å². The Hall–Kier alpha value is -2.09. The topological polar surface area (TPSA) is 49.9 Å². The molecule has 0 unspecified atom stereocenters. The molecule has 2 saturated heterocycles. The molecule has 0 aromatic heterocycles. The van der Waals surface area contributed by atoms with E-state index in [9.17, 15) is 22.8 Å². The number of amides is 2. The maximum atomic E-state index is 12.7. The van der Waals surface area contributed by atoms with E-state index >= 15 is 0 Å². The second-order valence-corrected chi connectivity index (χ2v) is 6.28. The van der Waals surface area contributed by atoms with Gasteiger partial charge < -0.3 is 14.5 Å². The monoisotopic (exact) mass is 356 g/mol. The van der Waals surface area contributed by atoms with E-state index in [0.29, 0.717) is 26.1 Å². The van der Waals surface area contributed by atoms with Crippen LogP contribution >= 0.6 is 0 Å². The molecule has 2 amide bonds. The fraction of sp³-hybridized carbons (Fsp3) is 0.529. The van der Waals surface area contributed by atoms with Crippen molar-refractivity contribution in [3.8, 4) is 0 Å². The van der Waals surface area contributed by atoms with Gasteiger partial charge in [0, 0.05) is 32.2 Å². The van der Waals surface area contributed by atoms with Crippen LogP contribution in [0.1, 0.15) is 28.8 Å². The summed E-state index contributed by atoms with van der Waals surface area (Å²) in [6.07, 6.45) is -3.51. The number of alkyl halides is 3. The number of hydrogen-bond acceptors (Lipinski definition) is 3. The van der Waals surface area contributed by atoms with E-state index in [1.165, 1.54) is 12.1 Å². The van der Waals surface area contributed by atoms with Crippen molar-refractivity contribution in [3.63, 3.8) is 0 Å².